The van der Waals surface area contributed by atoms with Gasteiger partial charge in [0.2, 0.25) is 5.43 Å². The van der Waals surface area contributed by atoms with Crippen molar-refractivity contribution in [1.82, 2.24) is 9.55 Å². The first-order valence-corrected chi connectivity index (χ1v) is 12.1. The summed E-state index contributed by atoms with van der Waals surface area (Å²) in [6, 6.07) is 1.14. The molecule has 12 nitrogen and oxygen atoms in total. The van der Waals surface area contributed by atoms with Crippen molar-refractivity contribution >= 4 is 38.7 Å². The lowest BCUT2D eigenvalue weighted by atomic mass is 9.88. The zero-order chi connectivity index (χ0) is 25.4. The third-order valence-electron chi connectivity index (χ3n) is 5.64. The van der Waals surface area contributed by atoms with Crippen LogP contribution >= 0.6 is 0 Å². The van der Waals surface area contributed by atoms with Gasteiger partial charge in [0.25, 0.3) is 10.1 Å². The average Bonchev–Trinajstić information content (AvgIpc) is 3.51. The van der Waals surface area contributed by atoms with Crippen LogP contribution in [0.4, 0.5) is 10.2 Å². The minimum Gasteiger partial charge on any atom is -0.477 e. The number of carboxylic acids is 1. The molecule has 14 heteroatoms. The van der Waals surface area contributed by atoms with Crippen molar-refractivity contribution in [3.63, 3.8) is 0 Å². The second kappa shape index (κ2) is 9.27. The third-order valence-corrected chi connectivity index (χ3v) is 5.64. The Hall–Kier alpha value is -3.10. The summed E-state index contributed by atoms with van der Waals surface area (Å²) in [5.41, 5.74) is 5.26. The molecule has 0 bridgehead atoms. The molecular formula is C20H26FN5O7S. The normalized spacial score (nSPS) is 21.5. The number of carboxylic acid groups (broad SMARTS) is 1. The van der Waals surface area contributed by atoms with Crippen LogP contribution in [0.3, 0.4) is 0 Å². The summed E-state index contributed by atoms with van der Waals surface area (Å²) < 4.78 is 42.5. The van der Waals surface area contributed by atoms with Crippen LogP contribution in [0, 0.1) is 11.2 Å². The van der Waals surface area contributed by atoms with Crippen molar-refractivity contribution in [1.29, 1.82) is 0 Å². The van der Waals surface area contributed by atoms with Crippen LogP contribution in [-0.4, -0.2) is 72.3 Å². The van der Waals surface area contributed by atoms with Gasteiger partial charge in [0, 0.05) is 30.7 Å². The van der Waals surface area contributed by atoms with Gasteiger partial charge in [-0.05, 0) is 18.9 Å². The van der Waals surface area contributed by atoms with Crippen LogP contribution in [0.15, 0.2) is 22.2 Å². The first-order valence-electron chi connectivity index (χ1n) is 10.3. The lowest BCUT2D eigenvalue weighted by Gasteiger charge is -2.23. The van der Waals surface area contributed by atoms with Gasteiger partial charge >= 0.3 is 5.97 Å². The molecule has 0 spiro atoms. The number of fused-ring (bicyclic) bond motifs is 1. The van der Waals surface area contributed by atoms with Gasteiger partial charge in [-0.25, -0.2) is 14.2 Å². The number of carbonyl (C=O) groups is 1. The minimum atomic E-state index is -3.67. The summed E-state index contributed by atoms with van der Waals surface area (Å²) >= 11 is 0. The molecular weight excluding hydrogens is 473 g/mol. The molecule has 34 heavy (non-hydrogen) atoms. The maximum absolute atomic E-state index is 15.0. The van der Waals surface area contributed by atoms with E-state index in [0.717, 1.165) is 18.9 Å². The predicted octanol–water partition coefficient (Wildman–Crippen LogP) is 0.860. The van der Waals surface area contributed by atoms with E-state index in [2.05, 4.69) is 10.1 Å². The quantitative estimate of drug-likeness (QED) is 0.395. The van der Waals surface area contributed by atoms with Crippen LogP contribution in [0.2, 0.25) is 0 Å². The number of aromatic nitrogens is 2. The molecule has 4 N–H and O–H groups in total. The Labute approximate surface area is 194 Å². The molecule has 2 aromatic heterocycles. The van der Waals surface area contributed by atoms with Crippen LogP contribution in [0.5, 0.6) is 0 Å². The maximum Gasteiger partial charge on any atom is 0.341 e. The molecule has 1 aliphatic carbocycles. The monoisotopic (exact) mass is 499 g/mol. The van der Waals surface area contributed by atoms with E-state index in [9.17, 15) is 27.5 Å². The highest BCUT2D eigenvalue weighted by molar-refractivity contribution is 7.85. The molecule has 2 aromatic rings. The molecule has 1 atom stereocenters. The lowest BCUT2D eigenvalue weighted by Crippen LogP contribution is -2.36. The Bertz CT molecular complexity index is 1310. The van der Waals surface area contributed by atoms with Crippen molar-refractivity contribution in [2.45, 2.75) is 25.8 Å². The van der Waals surface area contributed by atoms with Crippen molar-refractivity contribution in [3.05, 3.63) is 33.9 Å². The van der Waals surface area contributed by atoms with E-state index in [-0.39, 0.29) is 35.0 Å². The number of aromatic carboxylic acids is 1. The predicted molar refractivity (Wildman–Crippen MR) is 122 cm³/mol. The molecule has 186 valence electrons. The Morgan fingerprint density at radius 1 is 1.44 bits per heavy atom. The van der Waals surface area contributed by atoms with Crippen LogP contribution < -0.4 is 16.1 Å². The van der Waals surface area contributed by atoms with Crippen molar-refractivity contribution < 1.29 is 32.1 Å². The molecule has 1 saturated heterocycles. The number of oxime groups is 1. The molecule has 0 unspecified atom stereocenters. The highest BCUT2D eigenvalue weighted by atomic mass is 32.2. The second-order valence-electron chi connectivity index (χ2n) is 8.55. The first-order chi connectivity index (χ1) is 15.8. The van der Waals surface area contributed by atoms with Gasteiger partial charge in [-0.1, -0.05) is 12.1 Å². The number of nitrogens with zero attached hydrogens (tertiary/aromatic N) is 4. The van der Waals surface area contributed by atoms with Crippen molar-refractivity contribution in [3.8, 4) is 0 Å². The number of anilines is 1. The molecule has 1 aliphatic heterocycles. The summed E-state index contributed by atoms with van der Waals surface area (Å²) in [5.74, 6) is -1.96. The second-order valence-corrected chi connectivity index (χ2v) is 10.0. The highest BCUT2D eigenvalue weighted by Gasteiger charge is 2.41. The number of nitrogens with two attached hydrogens (primary N) is 1. The summed E-state index contributed by atoms with van der Waals surface area (Å²) in [6.45, 7) is 2.90. The number of rotatable bonds is 5. The summed E-state index contributed by atoms with van der Waals surface area (Å²) in [7, 11) is -2.23. The molecule has 0 aromatic carbocycles. The number of halogens is 1. The van der Waals surface area contributed by atoms with E-state index in [1.165, 1.54) is 13.3 Å². The topological polar surface area (TPSA) is 177 Å². The average molecular weight is 500 g/mol. The van der Waals surface area contributed by atoms with Crippen LogP contribution in [-0.2, 0) is 15.0 Å². The van der Waals surface area contributed by atoms with Gasteiger partial charge < -0.3 is 25.1 Å². The Balaban J connectivity index is 0.000000588. The lowest BCUT2D eigenvalue weighted by molar-refractivity contribution is 0.0694. The van der Waals surface area contributed by atoms with E-state index in [1.54, 1.807) is 9.47 Å². The standard InChI is InChI=1S/C19H22FN5O4.CH4O3S/c1-19(8-21)9-24(7-14(19)23-29-2)17-13(20)5-11-15(26)12(18(27)28)6-25(10-3-4-10)16(11)22-17;1-5(2,3)4/h5-6,10H,3-4,7-9,21H2,1-2H3,(H,27,28);1H3,(H,2,3,4)/t19-;/m1./s1. The number of hydrogen-bond acceptors (Lipinski definition) is 9. The smallest absolute Gasteiger partial charge is 0.341 e. The summed E-state index contributed by atoms with van der Waals surface area (Å²) in [6.07, 6.45) is 3.73. The fourth-order valence-electron chi connectivity index (χ4n) is 3.76. The van der Waals surface area contributed by atoms with Crippen molar-refractivity contribution in [2.24, 2.45) is 16.3 Å². The zero-order valence-corrected chi connectivity index (χ0v) is 19.7. The molecule has 0 radical (unpaired) electrons. The third kappa shape index (κ3) is 5.34. The van der Waals surface area contributed by atoms with Crippen LogP contribution in [0.1, 0.15) is 36.2 Å². The molecule has 1 saturated carbocycles. The van der Waals surface area contributed by atoms with E-state index in [4.69, 9.17) is 15.1 Å². The van der Waals surface area contributed by atoms with Crippen molar-refractivity contribution in [2.75, 3.05) is 37.9 Å². The first kappa shape index (κ1) is 25.5. The Kier molecular flexibility index (Phi) is 6.96. The van der Waals surface area contributed by atoms with E-state index >= 15 is 0 Å². The van der Waals surface area contributed by atoms with Gasteiger partial charge in [-0.2, -0.15) is 8.42 Å². The SMILES string of the molecule is CON=C1CN(c2nc3c(cc2F)c(=O)c(C(=O)O)cn3C2CC2)C[C@@]1(C)CN.CS(=O)(=O)O. The van der Waals surface area contributed by atoms with E-state index in [0.29, 0.717) is 25.1 Å². The summed E-state index contributed by atoms with van der Waals surface area (Å²) in [5, 5.41) is 13.3. The van der Waals surface area contributed by atoms with Gasteiger partial charge in [-0.15, -0.1) is 0 Å². The Morgan fingerprint density at radius 3 is 2.56 bits per heavy atom. The molecule has 2 aliphatic rings. The fraction of sp³-hybridized carbons (Fsp3) is 0.500. The molecule has 2 fully saturated rings. The Morgan fingerprint density at radius 2 is 2.06 bits per heavy atom. The molecule has 0 amide bonds. The number of pyridine rings is 2. The van der Waals surface area contributed by atoms with Crippen LogP contribution in [0.25, 0.3) is 11.0 Å². The number of hydrogen-bond donors (Lipinski definition) is 3. The fourth-order valence-corrected chi connectivity index (χ4v) is 3.76. The molecule has 4 rings (SSSR count). The largest absolute Gasteiger partial charge is 0.477 e. The zero-order valence-electron chi connectivity index (χ0n) is 18.9. The highest BCUT2D eigenvalue weighted by Crippen LogP contribution is 2.38. The van der Waals surface area contributed by atoms with Gasteiger partial charge in [-0.3, -0.25) is 9.35 Å². The van der Waals surface area contributed by atoms with Gasteiger partial charge in [0.1, 0.15) is 18.3 Å². The van der Waals surface area contributed by atoms with E-state index < -0.39 is 32.7 Å². The van der Waals surface area contributed by atoms with Gasteiger partial charge in [0.05, 0.1) is 23.9 Å². The summed E-state index contributed by atoms with van der Waals surface area (Å²) in [4.78, 5) is 35.1. The molecule has 3 heterocycles. The van der Waals surface area contributed by atoms with E-state index in [1.807, 2.05) is 6.92 Å². The maximum atomic E-state index is 15.0. The van der Waals surface area contributed by atoms with Gasteiger partial charge in [0.15, 0.2) is 11.6 Å². The minimum absolute atomic E-state index is 0.0374.